The van der Waals surface area contributed by atoms with Crippen molar-refractivity contribution in [1.29, 1.82) is 0 Å². The molecule has 4 rings (SSSR count). The Balaban J connectivity index is 1.79. The zero-order valence-electron chi connectivity index (χ0n) is 11.6. The van der Waals surface area contributed by atoms with Gasteiger partial charge in [0.05, 0.1) is 17.6 Å². The molecule has 106 valence electrons. The smallest absolute Gasteiger partial charge is 0.231 e. The van der Waals surface area contributed by atoms with E-state index in [9.17, 15) is 0 Å². The van der Waals surface area contributed by atoms with Crippen molar-refractivity contribution in [2.75, 3.05) is 6.79 Å². The number of hydrogen-bond donors (Lipinski definition) is 1. The van der Waals surface area contributed by atoms with E-state index in [0.717, 1.165) is 32.9 Å². The second-order valence-electron chi connectivity index (χ2n) is 5.22. The fourth-order valence-corrected chi connectivity index (χ4v) is 2.91. The maximum absolute atomic E-state index is 5.45. The number of fused-ring (bicyclic) bond motifs is 2. The van der Waals surface area contributed by atoms with Gasteiger partial charge in [0.1, 0.15) is 0 Å². The summed E-state index contributed by atoms with van der Waals surface area (Å²) in [4.78, 5) is 3.25. The first-order valence-electron chi connectivity index (χ1n) is 6.78. The van der Waals surface area contributed by atoms with E-state index in [0.29, 0.717) is 13.3 Å². The summed E-state index contributed by atoms with van der Waals surface area (Å²) in [5, 5.41) is 0. The zero-order chi connectivity index (χ0) is 14.4. The zero-order valence-corrected chi connectivity index (χ0v) is 12.4. The number of H-pyrrole nitrogens is 1. The quantitative estimate of drug-likeness (QED) is 0.732. The van der Waals surface area contributed by atoms with Crippen LogP contribution in [-0.2, 0) is 6.54 Å². The summed E-state index contributed by atoms with van der Waals surface area (Å²) >= 11 is 5.45. The minimum atomic E-state index is 0.296. The molecule has 5 heteroatoms. The molecular formula is C16H14N2O2S. The summed E-state index contributed by atoms with van der Waals surface area (Å²) in [6.45, 7) is 3.09. The van der Waals surface area contributed by atoms with Crippen LogP contribution in [0.15, 0.2) is 36.4 Å². The topological polar surface area (TPSA) is 39.2 Å². The van der Waals surface area contributed by atoms with E-state index in [1.54, 1.807) is 0 Å². The number of nitrogens with zero attached hydrogens (tertiary/aromatic N) is 1. The molecule has 1 aliphatic heterocycles. The first-order chi connectivity index (χ1) is 10.2. The van der Waals surface area contributed by atoms with Crippen LogP contribution in [0.5, 0.6) is 11.5 Å². The molecule has 0 atom stereocenters. The Hall–Kier alpha value is -2.27. The third-order valence-electron chi connectivity index (χ3n) is 3.71. The van der Waals surface area contributed by atoms with Crippen molar-refractivity contribution >= 4 is 23.3 Å². The van der Waals surface area contributed by atoms with Gasteiger partial charge in [-0.2, -0.15) is 0 Å². The lowest BCUT2D eigenvalue weighted by molar-refractivity contribution is 0.174. The molecule has 2 heterocycles. The maximum Gasteiger partial charge on any atom is 0.231 e. The Morgan fingerprint density at radius 1 is 1.14 bits per heavy atom. The van der Waals surface area contributed by atoms with Crippen LogP contribution in [0.3, 0.4) is 0 Å². The van der Waals surface area contributed by atoms with Gasteiger partial charge in [0.15, 0.2) is 16.3 Å². The summed E-state index contributed by atoms with van der Waals surface area (Å²) < 4.78 is 13.6. The van der Waals surface area contributed by atoms with Gasteiger partial charge in [-0.25, -0.2) is 0 Å². The van der Waals surface area contributed by atoms with Crippen LogP contribution in [0.25, 0.3) is 11.0 Å². The van der Waals surface area contributed by atoms with Gasteiger partial charge in [-0.3, -0.25) is 0 Å². The van der Waals surface area contributed by atoms with Gasteiger partial charge in [0.25, 0.3) is 0 Å². The Kier molecular flexibility index (Phi) is 2.75. The van der Waals surface area contributed by atoms with Gasteiger partial charge in [-0.1, -0.05) is 12.1 Å². The van der Waals surface area contributed by atoms with Crippen LogP contribution in [0, 0.1) is 11.7 Å². The fourth-order valence-electron chi connectivity index (χ4n) is 2.64. The molecule has 0 saturated heterocycles. The minimum Gasteiger partial charge on any atom is -0.454 e. The second-order valence-corrected chi connectivity index (χ2v) is 5.61. The molecule has 4 nitrogen and oxygen atoms in total. The number of hydrogen-bond acceptors (Lipinski definition) is 3. The van der Waals surface area contributed by atoms with Crippen LogP contribution in [0.1, 0.15) is 11.1 Å². The lowest BCUT2D eigenvalue weighted by Crippen LogP contribution is -1.99. The SMILES string of the molecule is Cc1ccc2[nH]c(=S)n(Cc3ccc4c(c3)OCO4)c2c1. The number of imidazole rings is 1. The normalized spacial score (nSPS) is 13.0. The van der Waals surface area contributed by atoms with Crippen LogP contribution >= 0.6 is 12.2 Å². The standard InChI is InChI=1S/C16H14N2O2S/c1-10-2-4-12-13(6-10)18(16(21)17-12)8-11-3-5-14-15(7-11)20-9-19-14/h2-7H,8-9H2,1H3,(H,17,21). The molecule has 0 saturated carbocycles. The molecule has 0 aliphatic carbocycles. The first-order valence-corrected chi connectivity index (χ1v) is 7.19. The van der Waals surface area contributed by atoms with Crippen molar-refractivity contribution in [2.24, 2.45) is 0 Å². The van der Waals surface area contributed by atoms with E-state index in [1.165, 1.54) is 5.56 Å². The molecule has 1 aliphatic rings. The van der Waals surface area contributed by atoms with Crippen molar-refractivity contribution in [1.82, 2.24) is 9.55 Å². The number of rotatable bonds is 2. The summed E-state index contributed by atoms with van der Waals surface area (Å²) in [5.41, 5.74) is 4.54. The van der Waals surface area contributed by atoms with E-state index in [-0.39, 0.29) is 0 Å². The van der Waals surface area contributed by atoms with Crippen molar-refractivity contribution in [3.63, 3.8) is 0 Å². The van der Waals surface area contributed by atoms with E-state index in [2.05, 4.69) is 34.7 Å². The van der Waals surface area contributed by atoms with Gasteiger partial charge in [-0.15, -0.1) is 0 Å². The Morgan fingerprint density at radius 3 is 2.90 bits per heavy atom. The highest BCUT2D eigenvalue weighted by molar-refractivity contribution is 7.71. The van der Waals surface area contributed by atoms with E-state index < -0.39 is 0 Å². The summed E-state index contributed by atoms with van der Waals surface area (Å²) in [7, 11) is 0. The number of nitrogens with one attached hydrogen (secondary N) is 1. The Bertz CT molecular complexity index is 895. The van der Waals surface area contributed by atoms with Gasteiger partial charge in [0, 0.05) is 0 Å². The molecule has 0 bridgehead atoms. The largest absolute Gasteiger partial charge is 0.454 e. The molecule has 0 spiro atoms. The molecule has 0 fully saturated rings. The monoisotopic (exact) mass is 298 g/mol. The number of aryl methyl sites for hydroxylation is 1. The molecule has 0 radical (unpaired) electrons. The highest BCUT2D eigenvalue weighted by Crippen LogP contribution is 2.33. The van der Waals surface area contributed by atoms with Gasteiger partial charge >= 0.3 is 0 Å². The molecule has 0 amide bonds. The maximum atomic E-state index is 5.45. The molecule has 0 unspecified atom stereocenters. The van der Waals surface area contributed by atoms with Gasteiger partial charge in [-0.05, 0) is 54.5 Å². The molecule has 2 aromatic carbocycles. The van der Waals surface area contributed by atoms with Crippen molar-refractivity contribution in [3.05, 3.63) is 52.3 Å². The average Bonchev–Trinajstić information content (AvgIpc) is 3.04. The van der Waals surface area contributed by atoms with Crippen LogP contribution in [-0.4, -0.2) is 16.3 Å². The average molecular weight is 298 g/mol. The number of aromatic amines is 1. The summed E-state index contributed by atoms with van der Waals surface area (Å²) in [6, 6.07) is 12.3. The minimum absolute atomic E-state index is 0.296. The highest BCUT2D eigenvalue weighted by Gasteiger charge is 2.14. The molecule has 1 N–H and O–H groups in total. The lowest BCUT2D eigenvalue weighted by atomic mass is 10.2. The summed E-state index contributed by atoms with van der Waals surface area (Å²) in [6.07, 6.45) is 0. The molecule has 21 heavy (non-hydrogen) atoms. The van der Waals surface area contributed by atoms with Crippen LogP contribution < -0.4 is 9.47 Å². The van der Waals surface area contributed by atoms with Crippen molar-refractivity contribution < 1.29 is 9.47 Å². The van der Waals surface area contributed by atoms with Gasteiger partial charge < -0.3 is 19.0 Å². The highest BCUT2D eigenvalue weighted by atomic mass is 32.1. The van der Waals surface area contributed by atoms with Crippen LogP contribution in [0.2, 0.25) is 0 Å². The Morgan fingerprint density at radius 2 is 2.00 bits per heavy atom. The molecular weight excluding hydrogens is 284 g/mol. The third-order valence-corrected chi connectivity index (χ3v) is 4.03. The fraction of sp³-hybridized carbons (Fsp3) is 0.188. The van der Waals surface area contributed by atoms with E-state index in [4.69, 9.17) is 21.7 Å². The number of aromatic nitrogens is 2. The van der Waals surface area contributed by atoms with Crippen LogP contribution in [0.4, 0.5) is 0 Å². The lowest BCUT2D eigenvalue weighted by Gasteiger charge is -2.06. The number of benzene rings is 2. The van der Waals surface area contributed by atoms with E-state index >= 15 is 0 Å². The third kappa shape index (κ3) is 2.10. The van der Waals surface area contributed by atoms with Gasteiger partial charge in [0.2, 0.25) is 6.79 Å². The number of ether oxygens (including phenoxy) is 2. The Labute approximate surface area is 126 Å². The second kappa shape index (κ2) is 4.63. The predicted molar refractivity (Wildman–Crippen MR) is 83.5 cm³/mol. The molecule has 3 aromatic rings. The van der Waals surface area contributed by atoms with E-state index in [1.807, 2.05) is 18.2 Å². The molecule has 1 aromatic heterocycles. The first kappa shape index (κ1) is 12.5. The summed E-state index contributed by atoms with van der Waals surface area (Å²) in [5.74, 6) is 1.60. The van der Waals surface area contributed by atoms with Crippen molar-refractivity contribution in [3.8, 4) is 11.5 Å². The predicted octanol–water partition coefficient (Wildman–Crippen LogP) is 3.78. The van der Waals surface area contributed by atoms with Crippen molar-refractivity contribution in [2.45, 2.75) is 13.5 Å².